The van der Waals surface area contributed by atoms with Crippen molar-refractivity contribution in [2.24, 2.45) is 5.92 Å². The molecule has 2 atom stereocenters. The lowest BCUT2D eigenvalue weighted by Crippen LogP contribution is -2.18. The van der Waals surface area contributed by atoms with E-state index in [1.54, 1.807) is 19.9 Å². The monoisotopic (exact) mass is 351 g/mol. The molecule has 1 heterocycles. The van der Waals surface area contributed by atoms with Crippen molar-refractivity contribution < 1.29 is 29.7 Å². The Morgan fingerprint density at radius 3 is 2.24 bits per heavy atom. The lowest BCUT2D eigenvalue weighted by molar-refractivity contribution is -0.142. The summed E-state index contributed by atoms with van der Waals surface area (Å²) in [4.78, 5) is 37.7. The highest BCUT2D eigenvalue weighted by atomic mass is 16.4. The standard InChI is InChI=1S/C18H25NO6/c1-3-11(17(22)23)8-13-9-12(6-5-7-16(20)21)15(10-19-13)14(4-2)18(24)25/h9-11,14H,3-8H2,1-2H3,(H,20,21)(H,22,23)(H,24,25). The minimum Gasteiger partial charge on any atom is -0.481 e. The highest BCUT2D eigenvalue weighted by Crippen LogP contribution is 2.26. The zero-order valence-corrected chi connectivity index (χ0v) is 14.6. The third-order valence-electron chi connectivity index (χ3n) is 4.30. The van der Waals surface area contributed by atoms with Crippen LogP contribution in [0.1, 0.15) is 62.3 Å². The molecule has 1 aromatic heterocycles. The summed E-state index contributed by atoms with van der Waals surface area (Å²) in [7, 11) is 0. The summed E-state index contributed by atoms with van der Waals surface area (Å²) < 4.78 is 0. The second-order valence-corrected chi connectivity index (χ2v) is 6.07. The predicted octanol–water partition coefficient (Wildman–Crippen LogP) is 2.72. The molecule has 3 N–H and O–H groups in total. The SMILES string of the molecule is CCC(Cc1cc(CCCC(=O)O)c(C(CC)C(=O)O)cn1)C(=O)O. The third kappa shape index (κ3) is 6.17. The lowest BCUT2D eigenvalue weighted by atomic mass is 9.90. The summed E-state index contributed by atoms with van der Waals surface area (Å²) in [6, 6.07) is 1.73. The lowest BCUT2D eigenvalue weighted by Gasteiger charge is -2.17. The van der Waals surface area contributed by atoms with Crippen LogP contribution in [0, 0.1) is 5.92 Å². The molecule has 0 bridgehead atoms. The molecule has 1 aromatic rings. The molecule has 0 spiro atoms. The maximum absolute atomic E-state index is 11.5. The van der Waals surface area contributed by atoms with Crippen LogP contribution in [0.2, 0.25) is 0 Å². The number of carbonyl (C=O) groups is 3. The Hall–Kier alpha value is -2.44. The topological polar surface area (TPSA) is 125 Å². The smallest absolute Gasteiger partial charge is 0.311 e. The molecule has 0 fully saturated rings. The number of hydrogen-bond acceptors (Lipinski definition) is 4. The fourth-order valence-electron chi connectivity index (χ4n) is 2.82. The maximum atomic E-state index is 11.5. The molecular weight excluding hydrogens is 326 g/mol. The summed E-state index contributed by atoms with van der Waals surface area (Å²) in [5, 5.41) is 27.4. The molecule has 25 heavy (non-hydrogen) atoms. The molecule has 0 radical (unpaired) electrons. The van der Waals surface area contributed by atoms with Gasteiger partial charge in [0, 0.05) is 24.7 Å². The maximum Gasteiger partial charge on any atom is 0.311 e. The van der Waals surface area contributed by atoms with E-state index < -0.39 is 29.7 Å². The van der Waals surface area contributed by atoms with Crippen molar-refractivity contribution in [2.45, 2.75) is 58.3 Å². The van der Waals surface area contributed by atoms with Gasteiger partial charge in [0.1, 0.15) is 0 Å². The molecule has 0 aliphatic heterocycles. The molecule has 2 unspecified atom stereocenters. The number of aromatic nitrogens is 1. The van der Waals surface area contributed by atoms with Gasteiger partial charge in [-0.05, 0) is 42.9 Å². The van der Waals surface area contributed by atoms with Crippen LogP contribution < -0.4 is 0 Å². The second-order valence-electron chi connectivity index (χ2n) is 6.07. The van der Waals surface area contributed by atoms with Gasteiger partial charge in [0.15, 0.2) is 0 Å². The minimum absolute atomic E-state index is 0.00628. The molecular formula is C18H25NO6. The first kappa shape index (κ1) is 20.6. The van der Waals surface area contributed by atoms with Crippen LogP contribution in [0.3, 0.4) is 0 Å². The van der Waals surface area contributed by atoms with Crippen LogP contribution in [0.4, 0.5) is 0 Å². The number of aliphatic carboxylic acids is 3. The zero-order valence-electron chi connectivity index (χ0n) is 14.6. The van der Waals surface area contributed by atoms with Gasteiger partial charge < -0.3 is 15.3 Å². The largest absolute Gasteiger partial charge is 0.481 e. The van der Waals surface area contributed by atoms with Crippen molar-refractivity contribution in [1.29, 1.82) is 0 Å². The number of nitrogens with zero attached hydrogens (tertiary/aromatic N) is 1. The van der Waals surface area contributed by atoms with E-state index in [2.05, 4.69) is 4.98 Å². The predicted molar refractivity (Wildman–Crippen MR) is 90.6 cm³/mol. The van der Waals surface area contributed by atoms with Crippen molar-refractivity contribution >= 4 is 17.9 Å². The number of rotatable bonds is 11. The van der Waals surface area contributed by atoms with Crippen LogP contribution in [0.25, 0.3) is 0 Å². The summed E-state index contributed by atoms with van der Waals surface area (Å²) in [5.74, 6) is -4.00. The van der Waals surface area contributed by atoms with Gasteiger partial charge in [-0.25, -0.2) is 0 Å². The number of carboxylic acids is 3. The first-order valence-corrected chi connectivity index (χ1v) is 8.45. The van der Waals surface area contributed by atoms with Gasteiger partial charge >= 0.3 is 17.9 Å². The quantitative estimate of drug-likeness (QED) is 0.559. The molecule has 0 saturated heterocycles. The van der Waals surface area contributed by atoms with Crippen molar-refractivity contribution in [1.82, 2.24) is 4.98 Å². The first-order chi connectivity index (χ1) is 11.8. The van der Waals surface area contributed by atoms with E-state index >= 15 is 0 Å². The van der Waals surface area contributed by atoms with Gasteiger partial charge in [0.2, 0.25) is 0 Å². The third-order valence-corrected chi connectivity index (χ3v) is 4.30. The molecule has 0 saturated carbocycles. The number of pyridine rings is 1. The summed E-state index contributed by atoms with van der Waals surface area (Å²) in [6.07, 6.45) is 3.44. The molecule has 138 valence electrons. The highest BCUT2D eigenvalue weighted by molar-refractivity contribution is 5.76. The van der Waals surface area contributed by atoms with Gasteiger partial charge in [-0.1, -0.05) is 13.8 Å². The first-order valence-electron chi connectivity index (χ1n) is 8.45. The average Bonchev–Trinajstić information content (AvgIpc) is 2.53. The van der Waals surface area contributed by atoms with Crippen LogP contribution in [-0.4, -0.2) is 38.2 Å². The Balaban J connectivity index is 3.13. The fourth-order valence-corrected chi connectivity index (χ4v) is 2.82. The Labute approximate surface area is 146 Å². The number of hydrogen-bond donors (Lipinski definition) is 3. The molecule has 7 nitrogen and oxygen atoms in total. The zero-order chi connectivity index (χ0) is 19.0. The average molecular weight is 351 g/mol. The summed E-state index contributed by atoms with van der Waals surface area (Å²) >= 11 is 0. The second kappa shape index (κ2) is 9.76. The summed E-state index contributed by atoms with van der Waals surface area (Å²) in [5.41, 5.74) is 1.90. The normalized spacial score (nSPS) is 13.2. The van der Waals surface area contributed by atoms with E-state index in [0.29, 0.717) is 36.9 Å². The Morgan fingerprint density at radius 1 is 1.08 bits per heavy atom. The van der Waals surface area contributed by atoms with Crippen molar-refractivity contribution in [3.8, 4) is 0 Å². The van der Waals surface area contributed by atoms with E-state index in [0.717, 1.165) is 5.56 Å². The van der Waals surface area contributed by atoms with E-state index in [4.69, 9.17) is 5.11 Å². The Kier molecular flexibility index (Phi) is 8.04. The van der Waals surface area contributed by atoms with E-state index in [1.807, 2.05) is 0 Å². The summed E-state index contributed by atoms with van der Waals surface area (Å²) in [6.45, 7) is 3.56. The molecule has 0 aliphatic carbocycles. The molecule has 0 amide bonds. The Bertz CT molecular complexity index is 628. The fraction of sp³-hybridized carbons (Fsp3) is 0.556. The van der Waals surface area contributed by atoms with Gasteiger partial charge in [0.25, 0.3) is 0 Å². The highest BCUT2D eigenvalue weighted by Gasteiger charge is 2.23. The minimum atomic E-state index is -0.950. The Morgan fingerprint density at radius 2 is 1.76 bits per heavy atom. The van der Waals surface area contributed by atoms with Crippen molar-refractivity contribution in [3.63, 3.8) is 0 Å². The van der Waals surface area contributed by atoms with Gasteiger partial charge in [-0.15, -0.1) is 0 Å². The van der Waals surface area contributed by atoms with Crippen LogP contribution >= 0.6 is 0 Å². The van der Waals surface area contributed by atoms with Crippen LogP contribution in [0.15, 0.2) is 12.3 Å². The van der Waals surface area contributed by atoms with Crippen LogP contribution in [-0.2, 0) is 27.2 Å². The molecule has 1 rings (SSSR count). The van der Waals surface area contributed by atoms with Crippen molar-refractivity contribution in [3.05, 3.63) is 29.1 Å². The molecule has 0 aliphatic rings. The number of carboxylic acid groups (broad SMARTS) is 3. The molecule has 0 aromatic carbocycles. The van der Waals surface area contributed by atoms with Gasteiger partial charge in [-0.2, -0.15) is 0 Å². The van der Waals surface area contributed by atoms with Gasteiger partial charge in [-0.3, -0.25) is 19.4 Å². The van der Waals surface area contributed by atoms with Gasteiger partial charge in [0.05, 0.1) is 11.8 Å². The van der Waals surface area contributed by atoms with Crippen LogP contribution in [0.5, 0.6) is 0 Å². The van der Waals surface area contributed by atoms with E-state index in [9.17, 15) is 24.6 Å². The van der Waals surface area contributed by atoms with E-state index in [-0.39, 0.29) is 12.8 Å². The van der Waals surface area contributed by atoms with Crippen molar-refractivity contribution in [2.75, 3.05) is 0 Å². The molecule has 7 heteroatoms. The van der Waals surface area contributed by atoms with E-state index in [1.165, 1.54) is 6.20 Å². The number of aryl methyl sites for hydroxylation is 1.